The second-order valence-corrected chi connectivity index (χ2v) is 2.17. The Hall–Kier alpha value is -1.72. The van der Waals surface area contributed by atoms with E-state index in [-0.39, 0.29) is 18.2 Å². The van der Waals surface area contributed by atoms with Gasteiger partial charge in [0, 0.05) is 23.2 Å². The quantitative estimate of drug-likeness (QED) is 0.454. The molecule has 12 heavy (non-hydrogen) atoms. The van der Waals surface area contributed by atoms with Crippen LogP contribution in [-0.2, 0) is 0 Å². The largest absolute Gasteiger partial charge is 0.316 e. The van der Waals surface area contributed by atoms with Gasteiger partial charge in [-0.15, -0.1) is 0 Å². The van der Waals surface area contributed by atoms with Crippen LogP contribution in [-0.4, -0.2) is 9.85 Å². The van der Waals surface area contributed by atoms with E-state index >= 15 is 0 Å². The van der Waals surface area contributed by atoms with E-state index in [9.17, 15) is 20.2 Å². The summed E-state index contributed by atoms with van der Waals surface area (Å²) >= 11 is 0. The predicted octanol–water partition coefficient (Wildman–Crippen LogP) is 0.916. The second-order valence-electron chi connectivity index (χ2n) is 2.17. The molecule has 0 aromatic rings. The lowest BCUT2D eigenvalue weighted by Crippen LogP contribution is -2.10. The maximum absolute atomic E-state index is 10.1. The maximum Gasteiger partial charge on any atom is 0.316 e. The van der Waals surface area contributed by atoms with Gasteiger partial charge in [-0.2, -0.15) is 0 Å². The van der Waals surface area contributed by atoms with Gasteiger partial charge >= 0.3 is 6.04 Å². The molecular formula is C6H5N2O4. The lowest BCUT2D eigenvalue weighted by molar-refractivity contribution is -0.459. The molecule has 63 valence electrons. The third kappa shape index (κ3) is 1.66. The van der Waals surface area contributed by atoms with E-state index in [1.54, 1.807) is 0 Å². The molecule has 0 bridgehead atoms. The lowest BCUT2D eigenvalue weighted by Gasteiger charge is -2.01. The minimum atomic E-state index is -0.576. The molecule has 0 aromatic carbocycles. The van der Waals surface area contributed by atoms with Crippen LogP contribution in [0.3, 0.4) is 0 Å². The van der Waals surface area contributed by atoms with Crippen molar-refractivity contribution in [1.82, 2.24) is 0 Å². The van der Waals surface area contributed by atoms with Crippen LogP contribution in [0.2, 0.25) is 0 Å². The summed E-state index contributed by atoms with van der Waals surface area (Å²) in [5.41, 5.74) is -0.0967. The van der Waals surface area contributed by atoms with Crippen LogP contribution in [0.15, 0.2) is 23.9 Å². The molecule has 0 aliphatic heterocycles. The van der Waals surface area contributed by atoms with Crippen LogP contribution in [0.25, 0.3) is 0 Å². The van der Waals surface area contributed by atoms with Gasteiger partial charge in [-0.25, -0.2) is 0 Å². The summed E-state index contributed by atoms with van der Waals surface area (Å²) in [6, 6.07) is -0.0272. The molecule has 1 radical (unpaired) electrons. The number of nitro groups is 2. The average Bonchev–Trinajstić information content (AvgIpc) is 2.04. The van der Waals surface area contributed by atoms with Crippen LogP contribution >= 0.6 is 0 Å². The molecule has 1 aliphatic rings. The first-order valence-corrected chi connectivity index (χ1v) is 3.14. The minimum Gasteiger partial charge on any atom is -0.263 e. The number of hydrogen-bond acceptors (Lipinski definition) is 4. The van der Waals surface area contributed by atoms with Gasteiger partial charge in [0.15, 0.2) is 0 Å². The molecule has 1 aliphatic carbocycles. The van der Waals surface area contributed by atoms with E-state index in [1.165, 1.54) is 6.08 Å². The summed E-state index contributed by atoms with van der Waals surface area (Å²) in [5, 5.41) is 20.3. The lowest BCUT2D eigenvalue weighted by atomic mass is 10.1. The Morgan fingerprint density at radius 3 is 2.17 bits per heavy atom. The fraction of sp³-hybridized carbons (Fsp3) is 0.167. The van der Waals surface area contributed by atoms with Gasteiger partial charge in [0.05, 0.1) is 11.3 Å². The first kappa shape index (κ1) is 8.38. The third-order valence-corrected chi connectivity index (χ3v) is 1.41. The monoisotopic (exact) mass is 169 g/mol. The van der Waals surface area contributed by atoms with Crippen molar-refractivity contribution >= 4 is 0 Å². The summed E-state index contributed by atoms with van der Waals surface area (Å²) in [5.74, 6) is 0. The van der Waals surface area contributed by atoms with Gasteiger partial charge in [0.1, 0.15) is 0 Å². The molecule has 0 aromatic heterocycles. The Morgan fingerprint density at radius 2 is 1.83 bits per heavy atom. The van der Waals surface area contributed by atoms with Gasteiger partial charge in [0.2, 0.25) is 0 Å². The summed E-state index contributed by atoms with van der Waals surface area (Å²) in [7, 11) is 0. The van der Waals surface area contributed by atoms with Crippen LogP contribution < -0.4 is 0 Å². The molecule has 0 saturated carbocycles. The number of nitrogens with zero attached hydrogens (tertiary/aromatic N) is 2. The zero-order valence-corrected chi connectivity index (χ0v) is 5.97. The van der Waals surface area contributed by atoms with Crippen LogP contribution in [0.5, 0.6) is 0 Å². The molecule has 0 N–H and O–H groups in total. The molecule has 0 spiro atoms. The second kappa shape index (κ2) is 3.12. The van der Waals surface area contributed by atoms with Gasteiger partial charge in [-0.05, 0) is 0 Å². The van der Waals surface area contributed by atoms with Crippen molar-refractivity contribution < 1.29 is 9.85 Å². The molecule has 0 heterocycles. The smallest absolute Gasteiger partial charge is 0.263 e. The molecule has 0 atom stereocenters. The predicted molar refractivity (Wildman–Crippen MR) is 39.1 cm³/mol. The Balaban J connectivity index is 2.68. The maximum atomic E-state index is 10.1. The number of hydrogen-bond donors (Lipinski definition) is 0. The summed E-state index contributed by atoms with van der Waals surface area (Å²) in [6.45, 7) is 0. The highest BCUT2D eigenvalue weighted by Gasteiger charge is 2.24. The molecule has 0 fully saturated rings. The highest BCUT2D eigenvalue weighted by atomic mass is 16.6. The van der Waals surface area contributed by atoms with Crippen LogP contribution in [0.4, 0.5) is 0 Å². The Morgan fingerprint density at radius 1 is 1.17 bits per heavy atom. The fourth-order valence-corrected chi connectivity index (χ4v) is 0.798. The van der Waals surface area contributed by atoms with E-state index in [1.807, 2.05) is 0 Å². The molecule has 6 nitrogen and oxygen atoms in total. The van der Waals surface area contributed by atoms with Crippen molar-refractivity contribution in [2.45, 2.75) is 6.42 Å². The van der Waals surface area contributed by atoms with E-state index < -0.39 is 9.85 Å². The molecule has 0 amide bonds. The van der Waals surface area contributed by atoms with Crippen LogP contribution in [0.1, 0.15) is 6.42 Å². The fourth-order valence-electron chi connectivity index (χ4n) is 0.798. The van der Waals surface area contributed by atoms with E-state index in [0.29, 0.717) is 0 Å². The Labute approximate surface area is 67.5 Å². The summed E-state index contributed by atoms with van der Waals surface area (Å²) in [4.78, 5) is 19.2. The van der Waals surface area contributed by atoms with Gasteiger partial charge in [-0.1, -0.05) is 0 Å². The van der Waals surface area contributed by atoms with Crippen molar-refractivity contribution in [3.63, 3.8) is 0 Å². The van der Waals surface area contributed by atoms with Crippen molar-refractivity contribution in [1.29, 1.82) is 0 Å². The number of allylic oxidation sites excluding steroid dienone is 1. The average molecular weight is 169 g/mol. The van der Waals surface area contributed by atoms with Crippen molar-refractivity contribution in [3.05, 3.63) is 50.2 Å². The SMILES string of the molecule is O=[N+]([O-])[C]1C=CC([N+](=O)[O-])=CC1. The highest BCUT2D eigenvalue weighted by molar-refractivity contribution is 5.23. The van der Waals surface area contributed by atoms with Crippen LogP contribution in [0, 0.1) is 26.3 Å². The van der Waals surface area contributed by atoms with Crippen molar-refractivity contribution in [2.24, 2.45) is 0 Å². The third-order valence-electron chi connectivity index (χ3n) is 1.41. The van der Waals surface area contributed by atoms with Crippen molar-refractivity contribution in [3.8, 4) is 0 Å². The normalized spacial score (nSPS) is 17.2. The topological polar surface area (TPSA) is 86.3 Å². The molecule has 0 saturated heterocycles. The first-order chi connectivity index (χ1) is 5.61. The first-order valence-electron chi connectivity index (χ1n) is 3.14. The van der Waals surface area contributed by atoms with E-state index in [4.69, 9.17) is 0 Å². The molecule has 6 heteroatoms. The minimum absolute atomic E-state index is 0.0137. The molecular weight excluding hydrogens is 164 g/mol. The molecule has 1 rings (SSSR count). The van der Waals surface area contributed by atoms with E-state index in [0.717, 1.165) is 12.2 Å². The number of rotatable bonds is 2. The zero-order valence-electron chi connectivity index (χ0n) is 5.97. The summed E-state index contributed by atoms with van der Waals surface area (Å²) < 4.78 is 0. The van der Waals surface area contributed by atoms with Gasteiger partial charge < -0.3 is 0 Å². The van der Waals surface area contributed by atoms with E-state index in [2.05, 4.69) is 0 Å². The standard InChI is InChI=1S/C6H5N2O4/c9-7(10)5-1-2-6(4-3-5)8(11)12/h1-3H,4H2. The zero-order chi connectivity index (χ0) is 9.14. The van der Waals surface area contributed by atoms with Crippen molar-refractivity contribution in [2.75, 3.05) is 0 Å². The Kier molecular flexibility index (Phi) is 2.18. The summed E-state index contributed by atoms with van der Waals surface area (Å²) in [6.07, 6.45) is 3.51. The highest BCUT2D eigenvalue weighted by Crippen LogP contribution is 2.18. The molecule has 0 unspecified atom stereocenters. The Bertz CT molecular complexity index is 281. The van der Waals surface area contributed by atoms with Gasteiger partial charge in [0.25, 0.3) is 5.70 Å². The van der Waals surface area contributed by atoms with Gasteiger partial charge in [-0.3, -0.25) is 20.2 Å².